The second kappa shape index (κ2) is 7.21. The van der Waals surface area contributed by atoms with E-state index in [9.17, 15) is 9.18 Å². The lowest BCUT2D eigenvalue weighted by Crippen LogP contribution is -2.42. The maximum Gasteiger partial charge on any atom is 0.235 e. The molecule has 5 heteroatoms. The Morgan fingerprint density at radius 3 is 2.60 bits per heavy atom. The summed E-state index contributed by atoms with van der Waals surface area (Å²) < 4.78 is 19.6. The number of carbonyl (C=O) groups is 1. The van der Waals surface area contributed by atoms with Crippen LogP contribution in [-0.4, -0.2) is 18.0 Å². The minimum Gasteiger partial charge on any atom is -0.481 e. The van der Waals surface area contributed by atoms with Gasteiger partial charge in [0, 0.05) is 11.1 Å². The number of amides is 1. The van der Waals surface area contributed by atoms with E-state index in [2.05, 4.69) is 10.3 Å². The summed E-state index contributed by atoms with van der Waals surface area (Å²) in [4.78, 5) is 17.4. The van der Waals surface area contributed by atoms with Crippen LogP contribution in [0.4, 0.5) is 10.1 Å². The predicted octanol–water partition coefficient (Wildman–Crippen LogP) is 4.38. The maximum atomic E-state index is 14.5. The van der Waals surface area contributed by atoms with Gasteiger partial charge >= 0.3 is 0 Å². The van der Waals surface area contributed by atoms with Gasteiger partial charge in [0.2, 0.25) is 11.8 Å². The Labute approximate surface area is 147 Å². The molecule has 1 fully saturated rings. The minimum atomic E-state index is -0.822. The van der Waals surface area contributed by atoms with Crippen LogP contribution in [0.15, 0.2) is 36.5 Å². The van der Waals surface area contributed by atoms with Crippen LogP contribution in [0.25, 0.3) is 0 Å². The minimum absolute atomic E-state index is 0.163. The standard InChI is InChI=1S/C20H23FN2O2/c1-14-12-15(13-22-18(14)25-2)23-19(24)20(10-6-3-7-11-20)16-8-4-5-9-17(16)21/h4-5,8-9,12-13H,3,6-7,10-11H2,1-2H3,(H,23,24). The third-order valence-electron chi connectivity index (χ3n) is 5.01. The summed E-state index contributed by atoms with van der Waals surface area (Å²) in [5, 5.41) is 2.95. The number of nitrogens with zero attached hydrogens (tertiary/aromatic N) is 1. The first kappa shape index (κ1) is 17.4. The fourth-order valence-corrected chi connectivity index (χ4v) is 3.72. The Bertz CT molecular complexity index is 770. The smallest absolute Gasteiger partial charge is 0.235 e. The number of rotatable bonds is 4. The molecule has 0 bridgehead atoms. The molecule has 1 aliphatic carbocycles. The van der Waals surface area contributed by atoms with Gasteiger partial charge in [-0.15, -0.1) is 0 Å². The molecule has 0 unspecified atom stereocenters. The topological polar surface area (TPSA) is 51.2 Å². The van der Waals surface area contributed by atoms with Gasteiger partial charge in [0.05, 0.1) is 24.4 Å². The van der Waals surface area contributed by atoms with Crippen molar-refractivity contribution in [2.45, 2.75) is 44.4 Å². The maximum absolute atomic E-state index is 14.5. The summed E-state index contributed by atoms with van der Waals surface area (Å²) in [7, 11) is 1.56. The summed E-state index contributed by atoms with van der Waals surface area (Å²) in [6, 6.07) is 8.43. The van der Waals surface area contributed by atoms with E-state index in [4.69, 9.17) is 4.74 Å². The van der Waals surface area contributed by atoms with Crippen LogP contribution in [0, 0.1) is 12.7 Å². The first-order chi connectivity index (χ1) is 12.1. The van der Waals surface area contributed by atoms with E-state index < -0.39 is 5.41 Å². The number of nitrogens with one attached hydrogen (secondary N) is 1. The van der Waals surface area contributed by atoms with Crippen molar-refractivity contribution in [3.05, 3.63) is 53.5 Å². The lowest BCUT2D eigenvalue weighted by atomic mass is 9.68. The van der Waals surface area contributed by atoms with Gasteiger partial charge in [-0.1, -0.05) is 37.5 Å². The average Bonchev–Trinajstić information content (AvgIpc) is 2.63. The van der Waals surface area contributed by atoms with Crippen molar-refractivity contribution in [2.75, 3.05) is 12.4 Å². The normalized spacial score (nSPS) is 16.3. The first-order valence-corrected chi connectivity index (χ1v) is 8.64. The molecule has 3 rings (SSSR count). The number of pyridine rings is 1. The molecule has 1 saturated carbocycles. The quantitative estimate of drug-likeness (QED) is 0.897. The van der Waals surface area contributed by atoms with Gasteiger partial charge in [0.15, 0.2) is 0 Å². The monoisotopic (exact) mass is 342 g/mol. The Morgan fingerprint density at radius 1 is 1.24 bits per heavy atom. The van der Waals surface area contributed by atoms with Crippen molar-refractivity contribution >= 4 is 11.6 Å². The van der Waals surface area contributed by atoms with Gasteiger partial charge < -0.3 is 10.1 Å². The molecular weight excluding hydrogens is 319 g/mol. The molecule has 1 heterocycles. The molecule has 0 atom stereocenters. The molecule has 1 aliphatic rings. The molecule has 1 aromatic carbocycles. The summed E-state index contributed by atoms with van der Waals surface area (Å²) >= 11 is 0. The number of carbonyl (C=O) groups excluding carboxylic acids is 1. The lowest BCUT2D eigenvalue weighted by Gasteiger charge is -2.36. The number of aryl methyl sites for hydroxylation is 1. The second-order valence-electron chi connectivity index (χ2n) is 6.63. The summed E-state index contributed by atoms with van der Waals surface area (Å²) in [5.41, 5.74) is 1.11. The highest BCUT2D eigenvalue weighted by Crippen LogP contribution is 2.41. The van der Waals surface area contributed by atoms with E-state index in [1.54, 1.807) is 31.5 Å². The zero-order valence-electron chi connectivity index (χ0n) is 14.6. The molecule has 0 aliphatic heterocycles. The van der Waals surface area contributed by atoms with Gasteiger partial charge in [-0.3, -0.25) is 4.79 Å². The number of anilines is 1. The van der Waals surface area contributed by atoms with Gasteiger partial charge in [-0.05, 0) is 31.9 Å². The molecule has 1 amide bonds. The number of benzene rings is 1. The van der Waals surface area contributed by atoms with Crippen molar-refractivity contribution in [1.82, 2.24) is 4.98 Å². The van der Waals surface area contributed by atoms with E-state index >= 15 is 0 Å². The molecule has 0 spiro atoms. The Morgan fingerprint density at radius 2 is 1.96 bits per heavy atom. The van der Waals surface area contributed by atoms with Crippen LogP contribution in [0.5, 0.6) is 5.88 Å². The zero-order valence-corrected chi connectivity index (χ0v) is 14.6. The molecule has 0 radical (unpaired) electrons. The molecule has 25 heavy (non-hydrogen) atoms. The van der Waals surface area contributed by atoms with E-state index in [1.165, 1.54) is 6.07 Å². The van der Waals surface area contributed by atoms with Crippen molar-refractivity contribution in [2.24, 2.45) is 0 Å². The van der Waals surface area contributed by atoms with Crippen LogP contribution >= 0.6 is 0 Å². The van der Waals surface area contributed by atoms with Crippen LogP contribution < -0.4 is 10.1 Å². The SMILES string of the molecule is COc1ncc(NC(=O)C2(c3ccccc3F)CCCCC2)cc1C. The fraction of sp³-hybridized carbons (Fsp3) is 0.400. The summed E-state index contributed by atoms with van der Waals surface area (Å²) in [6.07, 6.45) is 5.79. The van der Waals surface area contributed by atoms with E-state index in [0.717, 1.165) is 24.8 Å². The molecular formula is C20H23FN2O2. The van der Waals surface area contributed by atoms with Crippen LogP contribution in [0.1, 0.15) is 43.2 Å². The summed E-state index contributed by atoms with van der Waals surface area (Å²) in [6.45, 7) is 1.87. The van der Waals surface area contributed by atoms with Crippen LogP contribution in [0.3, 0.4) is 0 Å². The molecule has 132 valence electrons. The van der Waals surface area contributed by atoms with Gasteiger partial charge in [-0.2, -0.15) is 0 Å². The molecule has 4 nitrogen and oxygen atoms in total. The van der Waals surface area contributed by atoms with Gasteiger partial charge in [-0.25, -0.2) is 9.37 Å². The molecule has 2 aromatic rings. The van der Waals surface area contributed by atoms with Gasteiger partial charge in [0.1, 0.15) is 5.82 Å². The molecule has 1 N–H and O–H groups in total. The largest absolute Gasteiger partial charge is 0.481 e. The number of ether oxygens (including phenoxy) is 1. The van der Waals surface area contributed by atoms with Gasteiger partial charge in [0.25, 0.3) is 0 Å². The third-order valence-corrected chi connectivity index (χ3v) is 5.01. The van der Waals surface area contributed by atoms with E-state index in [1.807, 2.05) is 13.0 Å². The highest BCUT2D eigenvalue weighted by molar-refractivity contribution is 5.99. The van der Waals surface area contributed by atoms with Crippen LogP contribution in [-0.2, 0) is 10.2 Å². The third kappa shape index (κ3) is 3.36. The fourth-order valence-electron chi connectivity index (χ4n) is 3.72. The van der Waals surface area contributed by atoms with Crippen LogP contribution in [0.2, 0.25) is 0 Å². The molecule has 0 saturated heterocycles. The first-order valence-electron chi connectivity index (χ1n) is 8.64. The predicted molar refractivity (Wildman–Crippen MR) is 95.3 cm³/mol. The zero-order chi connectivity index (χ0) is 17.9. The van der Waals surface area contributed by atoms with E-state index in [0.29, 0.717) is 30.0 Å². The second-order valence-corrected chi connectivity index (χ2v) is 6.63. The Balaban J connectivity index is 1.93. The summed E-state index contributed by atoms with van der Waals surface area (Å²) in [5.74, 6) is 0.0479. The molecule has 1 aromatic heterocycles. The van der Waals surface area contributed by atoms with Crippen molar-refractivity contribution in [1.29, 1.82) is 0 Å². The van der Waals surface area contributed by atoms with Crippen molar-refractivity contribution in [3.8, 4) is 5.88 Å². The Kier molecular flexibility index (Phi) is 5.02. The van der Waals surface area contributed by atoms with Crippen molar-refractivity contribution < 1.29 is 13.9 Å². The highest BCUT2D eigenvalue weighted by atomic mass is 19.1. The number of aromatic nitrogens is 1. The highest BCUT2D eigenvalue weighted by Gasteiger charge is 2.42. The number of hydrogen-bond acceptors (Lipinski definition) is 3. The van der Waals surface area contributed by atoms with E-state index in [-0.39, 0.29) is 11.7 Å². The number of methoxy groups -OCH3 is 1. The Hall–Kier alpha value is -2.43. The van der Waals surface area contributed by atoms with Crippen molar-refractivity contribution in [3.63, 3.8) is 0 Å². The lowest BCUT2D eigenvalue weighted by molar-refractivity contribution is -0.122. The average molecular weight is 342 g/mol. The number of halogens is 1. The number of hydrogen-bond donors (Lipinski definition) is 1.